The van der Waals surface area contributed by atoms with Gasteiger partial charge in [-0.05, 0) is 24.3 Å². The van der Waals surface area contributed by atoms with Gasteiger partial charge in [0, 0.05) is 11.8 Å². The van der Waals surface area contributed by atoms with E-state index in [1.165, 1.54) is 0 Å². The summed E-state index contributed by atoms with van der Waals surface area (Å²) in [4.78, 5) is 38.2. The van der Waals surface area contributed by atoms with Gasteiger partial charge in [0.25, 0.3) is 11.8 Å². The first-order chi connectivity index (χ1) is 13.5. The number of carbonyl (C=O) groups excluding carboxylic acids is 3. The van der Waals surface area contributed by atoms with E-state index in [1.807, 2.05) is 0 Å². The van der Waals surface area contributed by atoms with Crippen molar-refractivity contribution in [3.05, 3.63) is 60.2 Å². The van der Waals surface area contributed by atoms with E-state index in [0.717, 1.165) is 28.1 Å². The number of hydrogen-bond donors (Lipinski definition) is 1. The number of nitrogens with one attached hydrogen (secondary N) is 1. The van der Waals surface area contributed by atoms with E-state index in [4.69, 9.17) is 0 Å². The second kappa shape index (κ2) is 6.80. The molecule has 2 atom stereocenters. The Bertz CT molecular complexity index is 998. The number of nitrogens with zero attached hydrogens (tertiary/aromatic N) is 4. The van der Waals surface area contributed by atoms with Gasteiger partial charge < -0.3 is 5.32 Å². The van der Waals surface area contributed by atoms with E-state index in [2.05, 4.69) is 15.7 Å². The largest absolute Gasteiger partial charge is 0.324 e. The molecule has 1 saturated heterocycles. The predicted molar refractivity (Wildman–Crippen MR) is 93.1 cm³/mol. The molecule has 0 bridgehead atoms. The highest BCUT2D eigenvalue weighted by molar-refractivity contribution is 6.25. The van der Waals surface area contributed by atoms with E-state index in [0.29, 0.717) is 5.69 Å². The number of para-hydroxylation sites is 1. The zero-order valence-electron chi connectivity index (χ0n) is 14.3. The molecule has 8 nitrogen and oxygen atoms in total. The first kappa shape index (κ1) is 17.7. The Hall–Kier alpha value is -3.69. The van der Waals surface area contributed by atoms with Crippen LogP contribution in [0.15, 0.2) is 58.9 Å². The molecule has 2 heterocycles. The standard InChI is InChI=1S/C18H13F2N5O3/c19-12-7-6-11(8-13(12)20)25-17(27)15-16(18(25)28)24(23-22-15)9-14(26)21-10-4-2-1-3-5-10/h1-8,15-16H,9H2,(H,21,26)/t15-,16+/m1/s1. The highest BCUT2D eigenvalue weighted by Crippen LogP contribution is 2.32. The molecule has 0 unspecified atom stereocenters. The van der Waals surface area contributed by atoms with E-state index in [9.17, 15) is 23.2 Å². The molecule has 0 spiro atoms. The van der Waals surface area contributed by atoms with Gasteiger partial charge in [-0.2, -0.15) is 5.11 Å². The molecule has 10 heteroatoms. The summed E-state index contributed by atoms with van der Waals surface area (Å²) in [5.41, 5.74) is 0.463. The highest BCUT2D eigenvalue weighted by Gasteiger charge is 2.55. The molecule has 28 heavy (non-hydrogen) atoms. The first-order valence-electron chi connectivity index (χ1n) is 8.31. The van der Waals surface area contributed by atoms with Crippen LogP contribution < -0.4 is 10.2 Å². The quantitative estimate of drug-likeness (QED) is 0.814. The van der Waals surface area contributed by atoms with Crippen molar-refractivity contribution in [2.24, 2.45) is 10.3 Å². The smallest absolute Gasteiger partial charge is 0.263 e. The summed E-state index contributed by atoms with van der Waals surface area (Å²) in [7, 11) is 0. The molecule has 0 saturated carbocycles. The minimum absolute atomic E-state index is 0.104. The summed E-state index contributed by atoms with van der Waals surface area (Å²) in [5, 5.41) is 11.3. The van der Waals surface area contributed by atoms with Crippen molar-refractivity contribution in [3.63, 3.8) is 0 Å². The van der Waals surface area contributed by atoms with Gasteiger partial charge in [-0.25, -0.2) is 13.7 Å². The van der Waals surface area contributed by atoms with Gasteiger partial charge in [0.05, 0.1) is 5.69 Å². The maximum Gasteiger partial charge on any atom is 0.263 e. The number of amides is 3. The SMILES string of the molecule is O=C(CN1N=N[C@H]2C(=O)N(c3ccc(F)c(F)c3)C(=O)[C@H]21)Nc1ccccc1. The predicted octanol–water partition coefficient (Wildman–Crippen LogP) is 1.90. The second-order valence-corrected chi connectivity index (χ2v) is 6.22. The number of halogens is 2. The van der Waals surface area contributed by atoms with Crippen LogP contribution in [0.3, 0.4) is 0 Å². The Labute approximate surface area is 157 Å². The van der Waals surface area contributed by atoms with Gasteiger partial charge in [-0.3, -0.25) is 19.4 Å². The molecule has 2 aliphatic rings. The zero-order valence-corrected chi connectivity index (χ0v) is 14.3. The van der Waals surface area contributed by atoms with Gasteiger partial charge in [-0.15, -0.1) is 0 Å². The molecular weight excluding hydrogens is 372 g/mol. The maximum absolute atomic E-state index is 13.5. The van der Waals surface area contributed by atoms with Crippen LogP contribution in [-0.4, -0.2) is 41.4 Å². The average Bonchev–Trinajstić information content (AvgIpc) is 3.18. The van der Waals surface area contributed by atoms with Crippen molar-refractivity contribution in [1.82, 2.24) is 5.01 Å². The van der Waals surface area contributed by atoms with Crippen LogP contribution in [0.1, 0.15) is 0 Å². The number of anilines is 2. The van der Waals surface area contributed by atoms with Gasteiger partial charge in [0.2, 0.25) is 5.91 Å². The fourth-order valence-corrected chi connectivity index (χ4v) is 3.10. The van der Waals surface area contributed by atoms with Crippen LogP contribution in [-0.2, 0) is 14.4 Å². The molecule has 1 fully saturated rings. The van der Waals surface area contributed by atoms with Crippen LogP contribution in [0.25, 0.3) is 0 Å². The third kappa shape index (κ3) is 2.98. The first-order valence-corrected chi connectivity index (χ1v) is 8.31. The lowest BCUT2D eigenvalue weighted by Gasteiger charge is -2.20. The lowest BCUT2D eigenvalue weighted by molar-refractivity contribution is -0.123. The Morgan fingerprint density at radius 2 is 1.79 bits per heavy atom. The summed E-state index contributed by atoms with van der Waals surface area (Å²) in [6, 6.07) is 9.15. The fourth-order valence-electron chi connectivity index (χ4n) is 3.10. The molecule has 0 radical (unpaired) electrons. The van der Waals surface area contributed by atoms with Crippen molar-refractivity contribution in [2.75, 3.05) is 16.8 Å². The lowest BCUT2D eigenvalue weighted by atomic mass is 10.1. The number of rotatable bonds is 4. The van der Waals surface area contributed by atoms with Gasteiger partial charge >= 0.3 is 0 Å². The minimum atomic E-state index is -1.18. The van der Waals surface area contributed by atoms with Crippen molar-refractivity contribution in [2.45, 2.75) is 12.1 Å². The monoisotopic (exact) mass is 385 g/mol. The van der Waals surface area contributed by atoms with E-state index < -0.39 is 41.4 Å². The van der Waals surface area contributed by atoms with Crippen LogP contribution in [0, 0.1) is 11.6 Å². The van der Waals surface area contributed by atoms with Crippen molar-refractivity contribution in [3.8, 4) is 0 Å². The third-order valence-electron chi connectivity index (χ3n) is 4.38. The minimum Gasteiger partial charge on any atom is -0.324 e. The third-order valence-corrected chi connectivity index (χ3v) is 4.38. The molecular formula is C18H13F2N5O3. The van der Waals surface area contributed by atoms with E-state index in [1.54, 1.807) is 30.3 Å². The van der Waals surface area contributed by atoms with Gasteiger partial charge in [-0.1, -0.05) is 23.4 Å². The van der Waals surface area contributed by atoms with Crippen LogP contribution >= 0.6 is 0 Å². The normalized spacial score (nSPS) is 20.6. The molecule has 0 aromatic heterocycles. The summed E-state index contributed by atoms with van der Waals surface area (Å²) < 4.78 is 26.6. The fraction of sp³-hybridized carbons (Fsp3) is 0.167. The van der Waals surface area contributed by atoms with Gasteiger partial charge in [0.1, 0.15) is 6.54 Å². The Morgan fingerprint density at radius 1 is 1.04 bits per heavy atom. The number of hydrogen-bond acceptors (Lipinski definition) is 6. The number of benzene rings is 2. The molecule has 1 N–H and O–H groups in total. The highest BCUT2D eigenvalue weighted by atomic mass is 19.2. The van der Waals surface area contributed by atoms with Crippen molar-refractivity contribution in [1.29, 1.82) is 0 Å². The molecule has 4 rings (SSSR count). The van der Waals surface area contributed by atoms with Crippen molar-refractivity contribution >= 4 is 29.1 Å². The van der Waals surface area contributed by atoms with E-state index in [-0.39, 0.29) is 12.2 Å². The zero-order chi connectivity index (χ0) is 19.8. The van der Waals surface area contributed by atoms with Crippen molar-refractivity contribution < 1.29 is 23.2 Å². The Balaban J connectivity index is 1.51. The summed E-state index contributed by atoms with van der Waals surface area (Å²) in [5.74, 6) is -4.15. The van der Waals surface area contributed by atoms with Crippen LogP contribution in [0.5, 0.6) is 0 Å². The average molecular weight is 385 g/mol. The molecule has 2 aromatic rings. The summed E-state index contributed by atoms with van der Waals surface area (Å²) in [6.07, 6.45) is 0. The Morgan fingerprint density at radius 3 is 2.50 bits per heavy atom. The maximum atomic E-state index is 13.5. The molecule has 2 aromatic carbocycles. The number of fused-ring (bicyclic) bond motifs is 1. The van der Waals surface area contributed by atoms with Crippen LogP contribution in [0.2, 0.25) is 0 Å². The summed E-state index contributed by atoms with van der Waals surface area (Å²) >= 11 is 0. The molecule has 142 valence electrons. The molecule has 3 amide bonds. The topological polar surface area (TPSA) is 94.4 Å². The molecule has 0 aliphatic carbocycles. The summed E-state index contributed by atoms with van der Waals surface area (Å²) in [6.45, 7) is -0.301. The molecule has 2 aliphatic heterocycles. The Kier molecular flexibility index (Phi) is 4.30. The second-order valence-electron chi connectivity index (χ2n) is 6.22. The number of carbonyl (C=O) groups is 3. The van der Waals surface area contributed by atoms with Crippen LogP contribution in [0.4, 0.5) is 20.2 Å². The van der Waals surface area contributed by atoms with Gasteiger partial charge in [0.15, 0.2) is 23.7 Å². The van der Waals surface area contributed by atoms with E-state index >= 15 is 0 Å². The number of imide groups is 1. The lowest BCUT2D eigenvalue weighted by Crippen LogP contribution is -2.43.